The van der Waals surface area contributed by atoms with E-state index in [4.69, 9.17) is 0 Å². The Hall–Kier alpha value is -2.68. The summed E-state index contributed by atoms with van der Waals surface area (Å²) in [6.07, 6.45) is 11.9. The van der Waals surface area contributed by atoms with Gasteiger partial charge in [0.1, 0.15) is 0 Å². The molecule has 3 rings (SSSR count). The number of benzene rings is 1. The number of hydrazine groups is 1. The molecule has 0 unspecified atom stereocenters. The number of hydrogen-bond donors (Lipinski definition) is 2. The minimum absolute atomic E-state index is 0.212. The monoisotopic (exact) mass is 486 g/mol. The number of anilines is 1. The lowest BCUT2D eigenvalue weighted by molar-refractivity contribution is -0.132. The number of urea groups is 1. The van der Waals surface area contributed by atoms with Crippen molar-refractivity contribution in [3.63, 3.8) is 0 Å². The first kappa shape index (κ1) is 25.9. The first-order valence-electron chi connectivity index (χ1n) is 12.6. The molecule has 3 amide bonds. The minimum Gasteiger partial charge on any atom is -0.339 e. The number of aromatic nitrogens is 2. The lowest BCUT2D eigenvalue weighted by Gasteiger charge is -2.34. The van der Waals surface area contributed by atoms with Crippen LogP contribution in [0.25, 0.3) is 11.4 Å². The van der Waals surface area contributed by atoms with Crippen LogP contribution < -0.4 is 10.9 Å². The van der Waals surface area contributed by atoms with Crippen LogP contribution >= 0.6 is 11.5 Å². The van der Waals surface area contributed by atoms with Gasteiger partial charge in [0.25, 0.3) is 0 Å². The van der Waals surface area contributed by atoms with E-state index in [9.17, 15) is 9.59 Å². The Balaban J connectivity index is 1.27. The largest absolute Gasteiger partial charge is 0.339 e. The number of hydrogen-bond acceptors (Lipinski definition) is 6. The zero-order valence-corrected chi connectivity index (χ0v) is 21.1. The van der Waals surface area contributed by atoms with Crippen molar-refractivity contribution in [2.45, 2.75) is 71.1 Å². The Morgan fingerprint density at radius 2 is 1.50 bits per heavy atom. The van der Waals surface area contributed by atoms with E-state index in [-0.39, 0.29) is 11.9 Å². The Morgan fingerprint density at radius 3 is 2.18 bits per heavy atom. The van der Waals surface area contributed by atoms with Crippen molar-refractivity contribution in [2.75, 3.05) is 31.6 Å². The molecule has 1 aromatic carbocycles. The lowest BCUT2D eigenvalue weighted by atomic mass is 10.1. The molecule has 0 saturated carbocycles. The van der Waals surface area contributed by atoms with E-state index in [1.54, 1.807) is 4.90 Å². The van der Waals surface area contributed by atoms with Crippen LogP contribution in [0.1, 0.15) is 71.1 Å². The number of nitrogens with one attached hydrogen (secondary N) is 2. The smallest absolute Gasteiger partial charge is 0.336 e. The van der Waals surface area contributed by atoms with Crippen LogP contribution in [0.3, 0.4) is 0 Å². The van der Waals surface area contributed by atoms with E-state index in [1.165, 1.54) is 56.5 Å². The number of piperazine rings is 1. The van der Waals surface area contributed by atoms with Crippen LogP contribution in [0.4, 0.5) is 9.93 Å². The molecule has 2 aromatic rings. The maximum atomic E-state index is 12.5. The molecular weight excluding hydrogens is 448 g/mol. The Kier molecular flexibility index (Phi) is 11.1. The molecule has 1 aliphatic rings. The van der Waals surface area contributed by atoms with Gasteiger partial charge in [-0.2, -0.15) is 9.36 Å². The number of nitrogens with zero attached hydrogens (tertiary/aromatic N) is 4. The zero-order valence-electron chi connectivity index (χ0n) is 20.3. The van der Waals surface area contributed by atoms with Gasteiger partial charge >= 0.3 is 6.03 Å². The van der Waals surface area contributed by atoms with Crippen LogP contribution in [-0.2, 0) is 4.79 Å². The molecule has 1 saturated heterocycles. The average Bonchev–Trinajstić information content (AvgIpc) is 3.36. The summed E-state index contributed by atoms with van der Waals surface area (Å²) in [6, 6.07) is 9.49. The quantitative estimate of drug-likeness (QED) is 0.296. The van der Waals surface area contributed by atoms with Crippen molar-refractivity contribution in [1.82, 2.24) is 24.6 Å². The minimum atomic E-state index is -0.220. The third-order valence-corrected chi connectivity index (χ3v) is 6.78. The summed E-state index contributed by atoms with van der Waals surface area (Å²) < 4.78 is 4.32. The molecule has 0 aliphatic carbocycles. The normalized spacial score (nSPS) is 13.7. The van der Waals surface area contributed by atoms with E-state index in [1.807, 2.05) is 35.2 Å². The van der Waals surface area contributed by atoms with E-state index in [0.29, 0.717) is 43.6 Å². The van der Waals surface area contributed by atoms with E-state index in [0.717, 1.165) is 18.4 Å². The van der Waals surface area contributed by atoms with Crippen molar-refractivity contribution in [3.8, 4) is 11.4 Å². The molecule has 1 aromatic heterocycles. The Labute approximate surface area is 207 Å². The number of amides is 3. The molecule has 186 valence electrons. The van der Waals surface area contributed by atoms with Gasteiger partial charge in [-0.1, -0.05) is 88.6 Å². The summed E-state index contributed by atoms with van der Waals surface area (Å²) in [6.45, 7) is 4.47. The van der Waals surface area contributed by atoms with Gasteiger partial charge in [0.05, 0.1) is 0 Å². The molecule has 34 heavy (non-hydrogen) atoms. The van der Waals surface area contributed by atoms with Crippen molar-refractivity contribution in [1.29, 1.82) is 0 Å². The van der Waals surface area contributed by atoms with Crippen LogP contribution in [0, 0.1) is 0 Å². The number of carbonyl (C=O) groups is 2. The average molecular weight is 487 g/mol. The summed E-state index contributed by atoms with van der Waals surface area (Å²) in [7, 11) is 0. The van der Waals surface area contributed by atoms with Gasteiger partial charge in [0.2, 0.25) is 11.0 Å². The first-order chi connectivity index (χ1) is 16.7. The second kappa shape index (κ2) is 14.6. The number of unbranched alkanes of at least 4 members (excludes halogenated alkanes) is 8. The highest BCUT2D eigenvalue weighted by molar-refractivity contribution is 7.09. The summed E-state index contributed by atoms with van der Waals surface area (Å²) in [5.41, 5.74) is 6.47. The topological polar surface area (TPSA) is 90.5 Å². The molecule has 2 heterocycles. The van der Waals surface area contributed by atoms with E-state index in [2.05, 4.69) is 27.1 Å². The van der Waals surface area contributed by atoms with Crippen molar-refractivity contribution in [2.24, 2.45) is 0 Å². The van der Waals surface area contributed by atoms with Gasteiger partial charge < -0.3 is 9.80 Å². The van der Waals surface area contributed by atoms with Gasteiger partial charge in [0.15, 0.2) is 5.82 Å². The maximum Gasteiger partial charge on any atom is 0.336 e. The molecule has 0 atom stereocenters. The SMILES string of the molecule is CCCCCCCCCCCC(=O)N1CCN(C(=O)NNc2nc(-c3ccccc3)ns2)CC1. The molecule has 0 spiro atoms. The van der Waals surface area contributed by atoms with Crippen LogP contribution in [0.15, 0.2) is 30.3 Å². The predicted octanol–water partition coefficient (Wildman–Crippen LogP) is 5.31. The lowest BCUT2D eigenvalue weighted by Crippen LogP contribution is -2.53. The summed E-state index contributed by atoms with van der Waals surface area (Å²) in [4.78, 5) is 33.0. The summed E-state index contributed by atoms with van der Waals surface area (Å²) in [5.74, 6) is 0.838. The van der Waals surface area contributed by atoms with Gasteiger partial charge in [-0.25, -0.2) is 10.2 Å². The number of carbonyl (C=O) groups excluding carboxylic acids is 2. The molecule has 0 radical (unpaired) electrons. The fraction of sp³-hybridized carbons (Fsp3) is 0.600. The fourth-order valence-electron chi connectivity index (χ4n) is 4.07. The second-order valence-electron chi connectivity index (χ2n) is 8.79. The standard InChI is InChI=1S/C25H38N6O2S/c1-2-3-4-5-6-7-8-9-13-16-22(32)30-17-19-31(20-18-30)25(33)28-27-24-26-23(29-34-24)21-14-11-10-12-15-21/h10-12,14-15H,2-9,13,16-20H2,1H3,(H,28,33)(H,26,27,29). The zero-order chi connectivity index (χ0) is 24.0. The van der Waals surface area contributed by atoms with Gasteiger partial charge in [-0.15, -0.1) is 0 Å². The maximum absolute atomic E-state index is 12.5. The first-order valence-corrected chi connectivity index (χ1v) is 13.4. The Bertz CT molecular complexity index is 867. The molecular formula is C25H38N6O2S. The molecule has 1 aliphatic heterocycles. The predicted molar refractivity (Wildman–Crippen MR) is 137 cm³/mol. The van der Waals surface area contributed by atoms with Gasteiger partial charge in [-0.3, -0.25) is 10.2 Å². The molecule has 0 bridgehead atoms. The molecule has 8 nitrogen and oxygen atoms in total. The third-order valence-electron chi connectivity index (χ3n) is 6.15. The fourth-order valence-corrected chi connectivity index (χ4v) is 4.61. The third kappa shape index (κ3) is 8.59. The van der Waals surface area contributed by atoms with Crippen molar-refractivity contribution < 1.29 is 9.59 Å². The van der Waals surface area contributed by atoms with E-state index < -0.39 is 0 Å². The highest BCUT2D eigenvalue weighted by atomic mass is 32.1. The van der Waals surface area contributed by atoms with Crippen molar-refractivity contribution >= 4 is 28.6 Å². The van der Waals surface area contributed by atoms with Gasteiger partial charge in [-0.05, 0) is 6.42 Å². The summed E-state index contributed by atoms with van der Waals surface area (Å²) >= 11 is 1.20. The molecule has 1 fully saturated rings. The van der Waals surface area contributed by atoms with Crippen LogP contribution in [0.5, 0.6) is 0 Å². The number of rotatable bonds is 13. The summed E-state index contributed by atoms with van der Waals surface area (Å²) in [5, 5.41) is 0.530. The Morgan fingerprint density at radius 1 is 0.882 bits per heavy atom. The van der Waals surface area contributed by atoms with Crippen LogP contribution in [0.2, 0.25) is 0 Å². The highest BCUT2D eigenvalue weighted by Gasteiger charge is 2.24. The second-order valence-corrected chi connectivity index (χ2v) is 9.54. The van der Waals surface area contributed by atoms with E-state index >= 15 is 0 Å². The molecule has 2 N–H and O–H groups in total. The van der Waals surface area contributed by atoms with Crippen molar-refractivity contribution in [3.05, 3.63) is 30.3 Å². The molecule has 9 heteroatoms. The van der Waals surface area contributed by atoms with Crippen LogP contribution in [-0.4, -0.2) is 57.3 Å². The highest BCUT2D eigenvalue weighted by Crippen LogP contribution is 2.20. The van der Waals surface area contributed by atoms with Gasteiger partial charge in [0, 0.05) is 49.7 Å².